The maximum Gasteiger partial charge on any atom is 0.244 e. The second kappa shape index (κ2) is 12.2. The monoisotopic (exact) mass is 557 g/mol. The molecule has 1 N–H and O–H groups in total. The number of halogens is 2. The second-order valence-corrected chi connectivity index (χ2v) is 12.1. The van der Waals surface area contributed by atoms with E-state index in [-0.39, 0.29) is 28.2 Å². The summed E-state index contributed by atoms with van der Waals surface area (Å²) in [7, 11) is -2.39. The van der Waals surface area contributed by atoms with Crippen LogP contribution in [0, 0.1) is 0 Å². The first-order chi connectivity index (χ1) is 16.7. The first-order valence-corrected chi connectivity index (χ1v) is 13.9. The van der Waals surface area contributed by atoms with Gasteiger partial charge in [0.25, 0.3) is 0 Å². The summed E-state index contributed by atoms with van der Waals surface area (Å²) in [6.45, 7) is 6.82. The van der Waals surface area contributed by atoms with Crippen molar-refractivity contribution in [3.8, 4) is 5.75 Å². The third-order valence-corrected chi connectivity index (χ3v) is 7.19. The van der Waals surface area contributed by atoms with Gasteiger partial charge in [-0.05, 0) is 57.0 Å². The van der Waals surface area contributed by atoms with E-state index in [4.69, 9.17) is 27.9 Å². The largest absolute Gasteiger partial charge is 0.497 e. The van der Waals surface area contributed by atoms with E-state index in [1.807, 2.05) is 20.8 Å². The van der Waals surface area contributed by atoms with Crippen LogP contribution in [-0.4, -0.2) is 56.6 Å². The fourth-order valence-corrected chi connectivity index (χ4v) is 4.92. The van der Waals surface area contributed by atoms with Crippen molar-refractivity contribution in [3.63, 3.8) is 0 Å². The summed E-state index contributed by atoms with van der Waals surface area (Å²) >= 11 is 12.4. The summed E-state index contributed by atoms with van der Waals surface area (Å²) in [5, 5.41) is 3.08. The van der Waals surface area contributed by atoms with Crippen molar-refractivity contribution in [2.45, 2.75) is 52.2 Å². The van der Waals surface area contributed by atoms with Crippen LogP contribution < -0.4 is 14.4 Å². The van der Waals surface area contributed by atoms with Crippen LogP contribution in [0.2, 0.25) is 10.0 Å². The van der Waals surface area contributed by atoms with Gasteiger partial charge >= 0.3 is 0 Å². The van der Waals surface area contributed by atoms with Crippen LogP contribution in [0.4, 0.5) is 5.69 Å². The highest BCUT2D eigenvalue weighted by molar-refractivity contribution is 7.92. The van der Waals surface area contributed by atoms with Crippen molar-refractivity contribution in [2.24, 2.45) is 0 Å². The number of nitrogens with zero attached hydrogens (tertiary/aromatic N) is 2. The predicted octanol–water partition coefficient (Wildman–Crippen LogP) is 4.49. The molecule has 0 fully saturated rings. The number of rotatable bonds is 10. The molecule has 0 bridgehead atoms. The zero-order chi connectivity index (χ0) is 27.3. The van der Waals surface area contributed by atoms with Gasteiger partial charge in [-0.25, -0.2) is 8.42 Å². The van der Waals surface area contributed by atoms with Crippen LogP contribution in [0.15, 0.2) is 42.5 Å². The molecule has 0 spiro atoms. The van der Waals surface area contributed by atoms with Gasteiger partial charge in [0, 0.05) is 12.1 Å². The quantitative estimate of drug-likeness (QED) is 0.464. The molecule has 0 saturated carbocycles. The molecule has 0 aromatic heterocycles. The van der Waals surface area contributed by atoms with Crippen LogP contribution in [0.5, 0.6) is 5.75 Å². The number of carbonyl (C=O) groups is 2. The Morgan fingerprint density at radius 1 is 1.11 bits per heavy atom. The van der Waals surface area contributed by atoms with Gasteiger partial charge in [-0.1, -0.05) is 48.3 Å². The van der Waals surface area contributed by atoms with E-state index < -0.39 is 34.1 Å². The van der Waals surface area contributed by atoms with Crippen LogP contribution in [0.25, 0.3) is 0 Å². The lowest BCUT2D eigenvalue weighted by Crippen LogP contribution is -2.55. The number of sulfonamides is 1. The van der Waals surface area contributed by atoms with Gasteiger partial charge in [-0.3, -0.25) is 13.9 Å². The van der Waals surface area contributed by atoms with Crippen LogP contribution in [0.3, 0.4) is 0 Å². The number of hydrogen-bond donors (Lipinski definition) is 1. The van der Waals surface area contributed by atoms with Gasteiger partial charge in [0.05, 0.1) is 29.1 Å². The zero-order valence-electron chi connectivity index (χ0n) is 21.3. The number of anilines is 1. The minimum atomic E-state index is -3.93. The number of carbonyl (C=O) groups excluding carboxylic acids is 2. The topological polar surface area (TPSA) is 96.0 Å². The molecular weight excluding hydrogens is 525 g/mol. The molecule has 0 aliphatic carbocycles. The number of nitrogens with one attached hydrogen (secondary N) is 1. The molecule has 0 aliphatic rings. The summed E-state index contributed by atoms with van der Waals surface area (Å²) in [5.74, 6) is -0.321. The van der Waals surface area contributed by atoms with Gasteiger partial charge < -0.3 is 15.0 Å². The Kier molecular flexibility index (Phi) is 10.0. The molecule has 36 heavy (non-hydrogen) atoms. The van der Waals surface area contributed by atoms with Crippen molar-refractivity contribution < 1.29 is 22.7 Å². The predicted molar refractivity (Wildman–Crippen MR) is 144 cm³/mol. The van der Waals surface area contributed by atoms with Gasteiger partial charge in [0.15, 0.2) is 0 Å². The number of hydrogen-bond acceptors (Lipinski definition) is 5. The molecular formula is C25H33Cl2N3O5S. The van der Waals surface area contributed by atoms with Gasteiger partial charge in [-0.2, -0.15) is 0 Å². The lowest BCUT2D eigenvalue weighted by Gasteiger charge is -2.34. The SMILES string of the molecule is CCC(C(=O)NC(C)(C)C)N(Cc1cccc(OC)c1)C(=O)CN(c1cccc(Cl)c1Cl)S(C)(=O)=O. The Hall–Kier alpha value is -2.49. The van der Waals surface area contributed by atoms with E-state index >= 15 is 0 Å². The molecule has 2 rings (SSSR count). The Balaban J connectivity index is 2.52. The summed E-state index contributed by atoms with van der Waals surface area (Å²) in [5.41, 5.74) is 0.271. The van der Waals surface area contributed by atoms with Crippen LogP contribution in [0.1, 0.15) is 39.7 Å². The molecule has 0 radical (unpaired) electrons. The van der Waals surface area contributed by atoms with Crippen molar-refractivity contribution in [1.82, 2.24) is 10.2 Å². The lowest BCUT2D eigenvalue weighted by atomic mass is 10.1. The maximum absolute atomic E-state index is 13.7. The van der Waals surface area contributed by atoms with Gasteiger partial charge in [0.2, 0.25) is 21.8 Å². The Bertz CT molecular complexity index is 1200. The van der Waals surface area contributed by atoms with E-state index in [9.17, 15) is 18.0 Å². The van der Waals surface area contributed by atoms with E-state index in [1.165, 1.54) is 24.1 Å². The normalized spacial score (nSPS) is 12.6. The third-order valence-electron chi connectivity index (χ3n) is 5.25. The number of methoxy groups -OCH3 is 1. The first-order valence-electron chi connectivity index (χ1n) is 11.3. The standard InChI is InChI=1S/C25H33Cl2N3O5S/c1-7-20(24(32)28-25(2,3)4)29(15-17-10-8-11-18(14-17)35-5)22(31)16-30(36(6,33)34)21-13-9-12-19(26)23(21)27/h8-14,20H,7,15-16H2,1-6H3,(H,28,32). The molecule has 0 aliphatic heterocycles. The third kappa shape index (κ3) is 8.01. The highest BCUT2D eigenvalue weighted by Gasteiger charge is 2.33. The maximum atomic E-state index is 13.7. The molecule has 0 heterocycles. The summed E-state index contributed by atoms with van der Waals surface area (Å²) in [6, 6.07) is 10.8. The molecule has 1 unspecified atom stereocenters. The molecule has 1 atom stereocenters. The highest BCUT2D eigenvalue weighted by Crippen LogP contribution is 2.34. The van der Waals surface area contributed by atoms with Crippen molar-refractivity contribution in [3.05, 3.63) is 58.1 Å². The average molecular weight is 559 g/mol. The van der Waals surface area contributed by atoms with Crippen LogP contribution >= 0.6 is 23.2 Å². The molecule has 2 aromatic carbocycles. The van der Waals surface area contributed by atoms with E-state index in [0.717, 1.165) is 16.1 Å². The number of ether oxygens (including phenoxy) is 1. The number of benzene rings is 2. The van der Waals surface area contributed by atoms with Crippen molar-refractivity contribution in [1.29, 1.82) is 0 Å². The fourth-order valence-electron chi connectivity index (χ4n) is 3.62. The molecule has 0 saturated heterocycles. The number of amides is 2. The van der Waals surface area contributed by atoms with Crippen molar-refractivity contribution in [2.75, 3.05) is 24.2 Å². The lowest BCUT2D eigenvalue weighted by molar-refractivity contribution is -0.141. The molecule has 2 amide bonds. The molecule has 2 aromatic rings. The highest BCUT2D eigenvalue weighted by atomic mass is 35.5. The molecule has 8 nitrogen and oxygen atoms in total. The summed E-state index contributed by atoms with van der Waals surface area (Å²) in [4.78, 5) is 28.3. The zero-order valence-corrected chi connectivity index (χ0v) is 23.7. The van der Waals surface area contributed by atoms with Crippen molar-refractivity contribution >= 4 is 50.7 Å². The Labute approximate surface area is 223 Å². The minimum Gasteiger partial charge on any atom is -0.497 e. The second-order valence-electron chi connectivity index (χ2n) is 9.38. The summed E-state index contributed by atoms with van der Waals surface area (Å²) < 4.78 is 31.6. The molecule has 11 heteroatoms. The summed E-state index contributed by atoms with van der Waals surface area (Å²) in [6.07, 6.45) is 1.29. The average Bonchev–Trinajstić information content (AvgIpc) is 2.77. The Morgan fingerprint density at radius 3 is 2.31 bits per heavy atom. The van der Waals surface area contributed by atoms with E-state index in [1.54, 1.807) is 37.3 Å². The Morgan fingerprint density at radius 2 is 1.75 bits per heavy atom. The smallest absolute Gasteiger partial charge is 0.244 e. The fraction of sp³-hybridized carbons (Fsp3) is 0.440. The van der Waals surface area contributed by atoms with E-state index in [0.29, 0.717) is 12.2 Å². The van der Waals surface area contributed by atoms with Crippen LogP contribution in [-0.2, 0) is 26.2 Å². The van der Waals surface area contributed by atoms with E-state index in [2.05, 4.69) is 5.32 Å². The first kappa shape index (κ1) is 29.7. The van der Waals surface area contributed by atoms with Gasteiger partial charge in [-0.15, -0.1) is 0 Å². The van der Waals surface area contributed by atoms with Gasteiger partial charge in [0.1, 0.15) is 18.3 Å². The molecule has 198 valence electrons. The minimum absolute atomic E-state index is 0.00857.